The van der Waals surface area contributed by atoms with E-state index in [0.717, 1.165) is 11.1 Å². The molecule has 0 bridgehead atoms. The molecular weight excluding hydrogens is 280 g/mol. The molecule has 0 aliphatic heterocycles. The van der Waals surface area contributed by atoms with Gasteiger partial charge in [-0.2, -0.15) is 0 Å². The van der Waals surface area contributed by atoms with E-state index in [1.165, 1.54) is 0 Å². The van der Waals surface area contributed by atoms with E-state index in [0.29, 0.717) is 13.2 Å². The van der Waals surface area contributed by atoms with Gasteiger partial charge in [-0.05, 0) is 11.1 Å². The Morgan fingerprint density at radius 2 is 1.00 bits per heavy atom. The summed E-state index contributed by atoms with van der Waals surface area (Å²) in [6.07, 6.45) is -1.12. The second-order valence-electron chi connectivity index (χ2n) is 5.04. The normalized spacial score (nSPS) is 13.7. The van der Waals surface area contributed by atoms with Crippen molar-refractivity contribution in [2.24, 2.45) is 0 Å². The standard InChI is InChI=1S/C18H22O4/c19-11-17(21-13-15-7-3-1-4-8-15)18(12-20)22-14-16-9-5-2-6-10-16/h1-10,17-20H,11-14H2/t17-,18-/m1/s1. The highest BCUT2D eigenvalue weighted by atomic mass is 16.6. The van der Waals surface area contributed by atoms with Crippen molar-refractivity contribution in [1.29, 1.82) is 0 Å². The zero-order valence-electron chi connectivity index (χ0n) is 12.5. The molecule has 0 spiro atoms. The highest BCUT2D eigenvalue weighted by Crippen LogP contribution is 2.11. The lowest BCUT2D eigenvalue weighted by Crippen LogP contribution is -2.37. The molecule has 0 aliphatic carbocycles. The molecule has 118 valence electrons. The average Bonchev–Trinajstić information content (AvgIpc) is 2.59. The summed E-state index contributed by atoms with van der Waals surface area (Å²) in [6, 6.07) is 19.4. The maximum Gasteiger partial charge on any atom is 0.109 e. The van der Waals surface area contributed by atoms with Gasteiger partial charge in [0, 0.05) is 0 Å². The minimum Gasteiger partial charge on any atom is -0.394 e. The summed E-state index contributed by atoms with van der Waals surface area (Å²) in [5.74, 6) is 0. The van der Waals surface area contributed by atoms with Gasteiger partial charge < -0.3 is 19.7 Å². The van der Waals surface area contributed by atoms with Gasteiger partial charge in [0.1, 0.15) is 12.2 Å². The molecule has 2 atom stereocenters. The molecule has 4 nitrogen and oxygen atoms in total. The molecule has 0 saturated heterocycles. The van der Waals surface area contributed by atoms with Gasteiger partial charge in [0.2, 0.25) is 0 Å². The fourth-order valence-corrected chi connectivity index (χ4v) is 2.11. The summed E-state index contributed by atoms with van der Waals surface area (Å²) in [7, 11) is 0. The molecule has 0 aromatic heterocycles. The third kappa shape index (κ3) is 5.24. The third-order valence-electron chi connectivity index (χ3n) is 3.39. The van der Waals surface area contributed by atoms with Crippen molar-refractivity contribution < 1.29 is 19.7 Å². The van der Waals surface area contributed by atoms with Crippen molar-refractivity contribution in [3.63, 3.8) is 0 Å². The molecule has 2 aromatic rings. The van der Waals surface area contributed by atoms with Gasteiger partial charge in [0.15, 0.2) is 0 Å². The second-order valence-corrected chi connectivity index (χ2v) is 5.04. The smallest absolute Gasteiger partial charge is 0.109 e. The van der Waals surface area contributed by atoms with Crippen molar-refractivity contribution in [3.8, 4) is 0 Å². The quantitative estimate of drug-likeness (QED) is 0.745. The Morgan fingerprint density at radius 1 is 0.636 bits per heavy atom. The first-order valence-electron chi connectivity index (χ1n) is 7.36. The Labute approximate surface area is 130 Å². The first kappa shape index (κ1) is 16.6. The van der Waals surface area contributed by atoms with Crippen LogP contribution >= 0.6 is 0 Å². The molecule has 4 heteroatoms. The molecule has 0 amide bonds. The highest BCUT2D eigenvalue weighted by Gasteiger charge is 2.22. The molecule has 0 fully saturated rings. The first-order chi connectivity index (χ1) is 10.8. The van der Waals surface area contributed by atoms with E-state index in [2.05, 4.69) is 0 Å². The van der Waals surface area contributed by atoms with Gasteiger partial charge in [-0.25, -0.2) is 0 Å². The summed E-state index contributed by atoms with van der Waals surface area (Å²) in [6.45, 7) is 0.341. The maximum absolute atomic E-state index is 9.49. The summed E-state index contributed by atoms with van der Waals surface area (Å²) in [4.78, 5) is 0. The lowest BCUT2D eigenvalue weighted by atomic mass is 10.2. The fourth-order valence-electron chi connectivity index (χ4n) is 2.11. The molecule has 0 heterocycles. The van der Waals surface area contributed by atoms with E-state index in [9.17, 15) is 10.2 Å². The van der Waals surface area contributed by atoms with Crippen molar-refractivity contribution in [2.75, 3.05) is 13.2 Å². The van der Waals surface area contributed by atoms with Gasteiger partial charge >= 0.3 is 0 Å². The lowest BCUT2D eigenvalue weighted by molar-refractivity contribution is -0.119. The van der Waals surface area contributed by atoms with Crippen LogP contribution in [0.1, 0.15) is 11.1 Å². The van der Waals surface area contributed by atoms with Crippen LogP contribution in [0, 0.1) is 0 Å². The Balaban J connectivity index is 1.86. The Bertz CT molecular complexity index is 466. The fraction of sp³-hybridized carbons (Fsp3) is 0.333. The molecular formula is C18H22O4. The average molecular weight is 302 g/mol. The van der Waals surface area contributed by atoms with Gasteiger partial charge in [0.05, 0.1) is 26.4 Å². The van der Waals surface area contributed by atoms with E-state index >= 15 is 0 Å². The molecule has 2 aromatic carbocycles. The molecule has 22 heavy (non-hydrogen) atoms. The predicted molar refractivity (Wildman–Crippen MR) is 84.2 cm³/mol. The van der Waals surface area contributed by atoms with E-state index in [4.69, 9.17) is 9.47 Å². The first-order valence-corrected chi connectivity index (χ1v) is 7.36. The van der Waals surface area contributed by atoms with Crippen LogP contribution in [-0.4, -0.2) is 35.6 Å². The van der Waals surface area contributed by atoms with E-state index < -0.39 is 12.2 Å². The van der Waals surface area contributed by atoms with Crippen LogP contribution in [0.15, 0.2) is 60.7 Å². The van der Waals surface area contributed by atoms with Crippen LogP contribution in [0.5, 0.6) is 0 Å². The third-order valence-corrected chi connectivity index (χ3v) is 3.39. The number of hydrogen-bond acceptors (Lipinski definition) is 4. The summed E-state index contributed by atoms with van der Waals surface area (Å²) < 4.78 is 11.4. The second kappa shape index (κ2) is 9.33. The van der Waals surface area contributed by atoms with Crippen molar-refractivity contribution in [3.05, 3.63) is 71.8 Å². The predicted octanol–water partition coefficient (Wildman–Crippen LogP) is 2.14. The number of rotatable bonds is 9. The molecule has 2 N–H and O–H groups in total. The largest absolute Gasteiger partial charge is 0.394 e. The molecule has 0 saturated carbocycles. The van der Waals surface area contributed by atoms with Crippen LogP contribution in [0.25, 0.3) is 0 Å². The number of aliphatic hydroxyl groups is 2. The Hall–Kier alpha value is -1.72. The van der Waals surface area contributed by atoms with Gasteiger partial charge in [-0.15, -0.1) is 0 Å². The van der Waals surface area contributed by atoms with Gasteiger partial charge in [-0.3, -0.25) is 0 Å². The molecule has 2 rings (SSSR count). The Morgan fingerprint density at radius 3 is 1.32 bits per heavy atom. The summed E-state index contributed by atoms with van der Waals surface area (Å²) in [5, 5.41) is 19.0. The topological polar surface area (TPSA) is 58.9 Å². The van der Waals surface area contributed by atoms with Crippen LogP contribution in [-0.2, 0) is 22.7 Å². The zero-order chi connectivity index (χ0) is 15.6. The molecule has 0 aliphatic rings. The minimum absolute atomic E-state index is 0.202. The number of ether oxygens (including phenoxy) is 2. The number of aliphatic hydroxyl groups excluding tert-OH is 2. The van der Waals surface area contributed by atoms with Crippen LogP contribution < -0.4 is 0 Å². The van der Waals surface area contributed by atoms with Gasteiger partial charge in [0.25, 0.3) is 0 Å². The maximum atomic E-state index is 9.49. The van der Waals surface area contributed by atoms with Crippen LogP contribution in [0.2, 0.25) is 0 Å². The van der Waals surface area contributed by atoms with Crippen LogP contribution in [0.3, 0.4) is 0 Å². The van der Waals surface area contributed by atoms with Crippen LogP contribution in [0.4, 0.5) is 0 Å². The number of benzene rings is 2. The van der Waals surface area contributed by atoms with Crippen molar-refractivity contribution in [1.82, 2.24) is 0 Å². The highest BCUT2D eigenvalue weighted by molar-refractivity contribution is 5.14. The van der Waals surface area contributed by atoms with Gasteiger partial charge in [-0.1, -0.05) is 60.7 Å². The van der Waals surface area contributed by atoms with E-state index in [1.54, 1.807) is 0 Å². The molecule has 0 unspecified atom stereocenters. The lowest BCUT2D eigenvalue weighted by Gasteiger charge is -2.24. The molecule has 0 radical (unpaired) electrons. The van der Waals surface area contributed by atoms with E-state index in [-0.39, 0.29) is 13.2 Å². The Kier molecular flexibility index (Phi) is 7.06. The monoisotopic (exact) mass is 302 g/mol. The van der Waals surface area contributed by atoms with Crippen molar-refractivity contribution in [2.45, 2.75) is 25.4 Å². The number of hydrogen-bond donors (Lipinski definition) is 2. The summed E-state index contributed by atoms with van der Waals surface area (Å²) in [5.41, 5.74) is 2.03. The zero-order valence-corrected chi connectivity index (χ0v) is 12.5. The summed E-state index contributed by atoms with van der Waals surface area (Å²) >= 11 is 0. The minimum atomic E-state index is -0.561. The van der Waals surface area contributed by atoms with Crippen molar-refractivity contribution >= 4 is 0 Å². The SMILES string of the molecule is OC[C@@H](OCc1ccccc1)[C@@H](CO)OCc1ccccc1. The van der Waals surface area contributed by atoms with E-state index in [1.807, 2.05) is 60.7 Å².